The molecular weight excluding hydrogens is 204 g/mol. The summed E-state index contributed by atoms with van der Waals surface area (Å²) in [6.07, 6.45) is -0.0104. The van der Waals surface area contributed by atoms with Crippen LogP contribution < -0.4 is 5.32 Å². The summed E-state index contributed by atoms with van der Waals surface area (Å²) in [5, 5.41) is 2.40. The molecule has 5 heteroatoms. The van der Waals surface area contributed by atoms with Crippen LogP contribution >= 0.6 is 0 Å². The van der Waals surface area contributed by atoms with Gasteiger partial charge in [-0.05, 0) is 12.1 Å². The molecule has 1 N–H and O–H groups in total. The van der Waals surface area contributed by atoms with Crippen LogP contribution in [0.4, 0.5) is 8.78 Å². The van der Waals surface area contributed by atoms with Crippen molar-refractivity contribution in [3.8, 4) is 0 Å². The molecule has 80 valence electrons. The van der Waals surface area contributed by atoms with Crippen molar-refractivity contribution in [3.63, 3.8) is 0 Å². The molecule has 0 radical (unpaired) electrons. The van der Waals surface area contributed by atoms with Crippen molar-refractivity contribution in [2.45, 2.75) is 6.10 Å². The average Bonchev–Trinajstić information content (AvgIpc) is 2.97. The van der Waals surface area contributed by atoms with Crippen molar-refractivity contribution in [2.75, 3.05) is 13.2 Å². The predicted octanol–water partition coefficient (Wildman–Crippen LogP) is 1.09. The first-order valence-corrected chi connectivity index (χ1v) is 4.52. The number of rotatable bonds is 3. The van der Waals surface area contributed by atoms with Crippen LogP contribution in [0.5, 0.6) is 0 Å². The molecular formula is C10H9F2NO2. The molecule has 1 fully saturated rings. The van der Waals surface area contributed by atoms with Crippen LogP contribution in [-0.2, 0) is 4.74 Å². The van der Waals surface area contributed by atoms with E-state index in [0.717, 1.165) is 12.1 Å². The molecule has 0 saturated carbocycles. The summed E-state index contributed by atoms with van der Waals surface area (Å²) in [4.78, 5) is 11.4. The van der Waals surface area contributed by atoms with E-state index in [1.807, 2.05) is 0 Å². The normalized spacial score (nSPS) is 18.7. The van der Waals surface area contributed by atoms with Crippen LogP contribution in [0.3, 0.4) is 0 Å². The SMILES string of the molecule is O=C(NC[C@@H]1CO1)c1c(F)cccc1F. The second kappa shape index (κ2) is 3.94. The molecule has 0 unspecified atom stereocenters. The number of nitrogens with one attached hydrogen (secondary N) is 1. The van der Waals surface area contributed by atoms with Gasteiger partial charge in [0.25, 0.3) is 5.91 Å². The van der Waals surface area contributed by atoms with E-state index in [1.54, 1.807) is 0 Å². The number of benzene rings is 1. The Bertz CT molecular complexity index is 371. The highest BCUT2D eigenvalue weighted by Crippen LogP contribution is 2.12. The van der Waals surface area contributed by atoms with Crippen LogP contribution in [0.1, 0.15) is 10.4 Å². The zero-order valence-corrected chi connectivity index (χ0v) is 7.80. The summed E-state index contributed by atoms with van der Waals surface area (Å²) in [6.45, 7) is 0.868. The average molecular weight is 213 g/mol. The zero-order valence-electron chi connectivity index (χ0n) is 7.80. The zero-order chi connectivity index (χ0) is 10.8. The predicted molar refractivity (Wildman–Crippen MR) is 48.4 cm³/mol. The van der Waals surface area contributed by atoms with E-state index in [4.69, 9.17) is 4.74 Å². The van der Waals surface area contributed by atoms with E-state index in [1.165, 1.54) is 6.07 Å². The fraction of sp³-hybridized carbons (Fsp3) is 0.300. The van der Waals surface area contributed by atoms with Gasteiger partial charge >= 0.3 is 0 Å². The smallest absolute Gasteiger partial charge is 0.257 e. The number of ether oxygens (including phenoxy) is 1. The summed E-state index contributed by atoms with van der Waals surface area (Å²) in [5.41, 5.74) is -0.543. The van der Waals surface area contributed by atoms with Gasteiger partial charge in [-0.3, -0.25) is 4.79 Å². The van der Waals surface area contributed by atoms with Gasteiger partial charge in [0.1, 0.15) is 17.2 Å². The molecule has 0 spiro atoms. The first-order chi connectivity index (χ1) is 7.18. The lowest BCUT2D eigenvalue weighted by atomic mass is 10.2. The summed E-state index contributed by atoms with van der Waals surface area (Å²) in [5.74, 6) is -2.46. The Balaban J connectivity index is 2.09. The fourth-order valence-electron chi connectivity index (χ4n) is 1.20. The van der Waals surface area contributed by atoms with Crippen LogP contribution in [0.2, 0.25) is 0 Å². The number of hydrogen-bond acceptors (Lipinski definition) is 2. The number of halogens is 2. The summed E-state index contributed by atoms with van der Waals surface area (Å²) in [6, 6.07) is 3.31. The van der Waals surface area contributed by atoms with Gasteiger partial charge in [-0.2, -0.15) is 0 Å². The Morgan fingerprint density at radius 3 is 2.60 bits per heavy atom. The molecule has 2 rings (SSSR count). The number of amides is 1. The largest absolute Gasteiger partial charge is 0.371 e. The third-order valence-corrected chi connectivity index (χ3v) is 2.08. The van der Waals surface area contributed by atoms with Crippen molar-refractivity contribution in [3.05, 3.63) is 35.4 Å². The van der Waals surface area contributed by atoms with Gasteiger partial charge < -0.3 is 10.1 Å². The maximum atomic E-state index is 13.1. The highest BCUT2D eigenvalue weighted by molar-refractivity contribution is 5.94. The van der Waals surface area contributed by atoms with Gasteiger partial charge in [-0.1, -0.05) is 6.07 Å². The highest BCUT2D eigenvalue weighted by Gasteiger charge is 2.24. The second-order valence-electron chi connectivity index (χ2n) is 3.26. The topological polar surface area (TPSA) is 41.6 Å². The third-order valence-electron chi connectivity index (χ3n) is 2.08. The number of carbonyl (C=O) groups is 1. The van der Waals surface area contributed by atoms with Crippen LogP contribution in [0.15, 0.2) is 18.2 Å². The van der Waals surface area contributed by atoms with Crippen molar-refractivity contribution in [2.24, 2.45) is 0 Å². The van der Waals surface area contributed by atoms with Crippen LogP contribution in [-0.4, -0.2) is 25.2 Å². The van der Waals surface area contributed by atoms with Crippen molar-refractivity contribution in [1.82, 2.24) is 5.32 Å². The van der Waals surface area contributed by atoms with Gasteiger partial charge in [0.2, 0.25) is 0 Å². The Hall–Kier alpha value is -1.49. The monoisotopic (exact) mass is 213 g/mol. The molecule has 1 aliphatic heterocycles. The molecule has 3 nitrogen and oxygen atoms in total. The van der Waals surface area contributed by atoms with E-state index in [2.05, 4.69) is 5.32 Å². The molecule has 0 bridgehead atoms. The Morgan fingerprint density at radius 1 is 1.47 bits per heavy atom. The van der Waals surface area contributed by atoms with E-state index >= 15 is 0 Å². The second-order valence-corrected chi connectivity index (χ2v) is 3.26. The maximum absolute atomic E-state index is 13.1. The number of epoxide rings is 1. The van der Waals surface area contributed by atoms with Crippen LogP contribution in [0.25, 0.3) is 0 Å². The Labute approximate surface area is 85.0 Å². The Kier molecular flexibility index (Phi) is 2.64. The first-order valence-electron chi connectivity index (χ1n) is 4.52. The van der Waals surface area contributed by atoms with E-state index in [0.29, 0.717) is 6.61 Å². The highest BCUT2D eigenvalue weighted by atomic mass is 19.1. The number of carbonyl (C=O) groups excluding carboxylic acids is 1. The molecule has 1 amide bonds. The van der Waals surface area contributed by atoms with E-state index in [9.17, 15) is 13.6 Å². The van der Waals surface area contributed by atoms with E-state index < -0.39 is 23.1 Å². The lowest BCUT2D eigenvalue weighted by Gasteiger charge is -2.05. The molecule has 1 heterocycles. The van der Waals surface area contributed by atoms with Crippen molar-refractivity contribution in [1.29, 1.82) is 0 Å². The van der Waals surface area contributed by atoms with Crippen molar-refractivity contribution >= 4 is 5.91 Å². The molecule has 1 atom stereocenters. The quantitative estimate of drug-likeness (QED) is 0.764. The van der Waals surface area contributed by atoms with Gasteiger partial charge in [0.15, 0.2) is 0 Å². The molecule has 0 aliphatic carbocycles. The first kappa shape index (κ1) is 10.0. The summed E-state index contributed by atoms with van der Waals surface area (Å²) < 4.78 is 31.1. The van der Waals surface area contributed by atoms with Crippen LogP contribution in [0, 0.1) is 11.6 Å². The number of hydrogen-bond donors (Lipinski definition) is 1. The minimum absolute atomic E-state index is 0.0104. The van der Waals surface area contributed by atoms with Gasteiger partial charge in [0.05, 0.1) is 12.7 Å². The Morgan fingerprint density at radius 2 is 2.07 bits per heavy atom. The summed E-state index contributed by atoms with van der Waals surface area (Å²) in [7, 11) is 0. The molecule has 1 aromatic rings. The van der Waals surface area contributed by atoms with Gasteiger partial charge in [-0.25, -0.2) is 8.78 Å². The molecule has 1 saturated heterocycles. The third kappa shape index (κ3) is 2.30. The summed E-state index contributed by atoms with van der Waals surface area (Å²) >= 11 is 0. The van der Waals surface area contributed by atoms with Gasteiger partial charge in [0, 0.05) is 6.54 Å². The lowest BCUT2D eigenvalue weighted by Crippen LogP contribution is -2.29. The molecule has 0 aromatic heterocycles. The van der Waals surface area contributed by atoms with E-state index in [-0.39, 0.29) is 12.6 Å². The van der Waals surface area contributed by atoms with Crippen molar-refractivity contribution < 1.29 is 18.3 Å². The maximum Gasteiger partial charge on any atom is 0.257 e. The lowest BCUT2D eigenvalue weighted by molar-refractivity contribution is 0.0942. The molecule has 1 aromatic carbocycles. The minimum Gasteiger partial charge on any atom is -0.371 e. The minimum atomic E-state index is -0.857. The molecule has 15 heavy (non-hydrogen) atoms. The standard InChI is InChI=1S/C10H9F2NO2/c11-7-2-1-3-8(12)9(7)10(14)13-4-6-5-15-6/h1-3,6H,4-5H2,(H,13,14)/t6-/m1/s1. The fourth-order valence-corrected chi connectivity index (χ4v) is 1.20. The molecule has 1 aliphatic rings. The van der Waals surface area contributed by atoms with Gasteiger partial charge in [-0.15, -0.1) is 0 Å².